The van der Waals surface area contributed by atoms with Crippen LogP contribution in [0, 0.1) is 0 Å². The monoisotopic (exact) mass is 360 g/mol. The third-order valence-corrected chi connectivity index (χ3v) is 4.83. The predicted molar refractivity (Wildman–Crippen MR) is 94.0 cm³/mol. The van der Waals surface area contributed by atoms with E-state index in [1.165, 1.54) is 16.7 Å². The molecule has 0 aromatic carbocycles. The minimum absolute atomic E-state index is 0.0478. The molecule has 132 valence electrons. The fourth-order valence-electron chi connectivity index (χ4n) is 2.35. The van der Waals surface area contributed by atoms with Gasteiger partial charge in [-0.25, -0.2) is 0 Å². The Morgan fingerprint density at radius 1 is 1.40 bits per heavy atom. The van der Waals surface area contributed by atoms with E-state index >= 15 is 0 Å². The summed E-state index contributed by atoms with van der Waals surface area (Å²) in [6.07, 6.45) is 5.66. The van der Waals surface area contributed by atoms with Crippen LogP contribution in [0.4, 0.5) is 0 Å². The van der Waals surface area contributed by atoms with E-state index in [-0.39, 0.29) is 24.1 Å². The summed E-state index contributed by atoms with van der Waals surface area (Å²) in [6.45, 7) is 0.0478. The minimum atomic E-state index is -0.194. The summed E-state index contributed by atoms with van der Waals surface area (Å²) in [7, 11) is 3.16. The average Bonchev–Trinajstić information content (AvgIpc) is 3.39. The van der Waals surface area contributed by atoms with E-state index in [0.717, 1.165) is 29.4 Å². The van der Waals surface area contributed by atoms with Crippen molar-refractivity contribution in [1.82, 2.24) is 30.0 Å². The zero-order chi connectivity index (χ0) is 17.8. The fraction of sp³-hybridized carbons (Fsp3) is 0.438. The van der Waals surface area contributed by atoms with Crippen molar-refractivity contribution in [3.63, 3.8) is 0 Å². The normalized spacial score (nSPS) is 13.5. The number of nitrogens with zero attached hydrogens (tertiary/aromatic N) is 5. The summed E-state index contributed by atoms with van der Waals surface area (Å²) in [6, 6.07) is 4.20. The number of thioether (sulfide) groups is 1. The molecule has 8 nitrogen and oxygen atoms in total. The number of carbonyl (C=O) groups excluding carboxylic acids is 2. The number of aromatic nitrogens is 4. The van der Waals surface area contributed by atoms with E-state index in [9.17, 15) is 9.59 Å². The van der Waals surface area contributed by atoms with Gasteiger partial charge in [0.1, 0.15) is 0 Å². The molecule has 3 rings (SSSR count). The number of rotatable bonds is 7. The van der Waals surface area contributed by atoms with E-state index in [0.29, 0.717) is 6.04 Å². The first kappa shape index (κ1) is 17.4. The molecule has 1 aliphatic carbocycles. The lowest BCUT2D eigenvalue weighted by Gasteiger charge is -2.15. The molecule has 1 N–H and O–H groups in total. The number of likely N-dealkylation sites (N-methyl/N-ethyl adjacent to an activating group) is 2. The van der Waals surface area contributed by atoms with E-state index in [1.54, 1.807) is 26.5 Å². The van der Waals surface area contributed by atoms with Crippen molar-refractivity contribution in [3.8, 4) is 11.4 Å². The summed E-state index contributed by atoms with van der Waals surface area (Å²) >= 11 is 1.35. The van der Waals surface area contributed by atoms with E-state index in [1.807, 2.05) is 12.1 Å². The molecule has 9 heteroatoms. The van der Waals surface area contributed by atoms with Gasteiger partial charge in [0.2, 0.25) is 11.8 Å². The van der Waals surface area contributed by atoms with Gasteiger partial charge in [-0.1, -0.05) is 11.8 Å². The first-order valence-corrected chi connectivity index (χ1v) is 9.01. The van der Waals surface area contributed by atoms with Gasteiger partial charge in [0.15, 0.2) is 11.0 Å². The molecule has 0 unspecified atom stereocenters. The lowest BCUT2D eigenvalue weighted by atomic mass is 10.3. The van der Waals surface area contributed by atoms with Crippen LogP contribution in [0.15, 0.2) is 29.7 Å². The molecule has 2 aromatic rings. The topological polar surface area (TPSA) is 93.0 Å². The molecular formula is C16H20N6O2S. The molecule has 0 saturated heterocycles. The zero-order valence-corrected chi connectivity index (χ0v) is 15.0. The molecule has 0 radical (unpaired) electrons. The highest BCUT2D eigenvalue weighted by Gasteiger charge is 2.30. The van der Waals surface area contributed by atoms with Crippen molar-refractivity contribution in [2.24, 2.45) is 0 Å². The molecule has 0 bridgehead atoms. The Morgan fingerprint density at radius 3 is 2.84 bits per heavy atom. The second kappa shape index (κ2) is 7.64. The highest BCUT2D eigenvalue weighted by molar-refractivity contribution is 7.99. The maximum atomic E-state index is 12.2. The van der Waals surface area contributed by atoms with Gasteiger partial charge in [-0.15, -0.1) is 10.2 Å². The number of amides is 2. The van der Waals surface area contributed by atoms with Crippen molar-refractivity contribution in [1.29, 1.82) is 0 Å². The van der Waals surface area contributed by atoms with Crippen molar-refractivity contribution >= 4 is 23.6 Å². The van der Waals surface area contributed by atoms with Crippen molar-refractivity contribution in [2.75, 3.05) is 26.4 Å². The molecule has 2 aromatic heterocycles. The summed E-state index contributed by atoms with van der Waals surface area (Å²) in [5.74, 6) is 0.678. The summed E-state index contributed by atoms with van der Waals surface area (Å²) in [4.78, 5) is 29.1. The minimum Gasteiger partial charge on any atom is -0.358 e. The zero-order valence-electron chi connectivity index (χ0n) is 14.2. The van der Waals surface area contributed by atoms with Crippen LogP contribution in [0.25, 0.3) is 11.4 Å². The molecule has 2 amide bonds. The lowest BCUT2D eigenvalue weighted by molar-refractivity contribution is -0.132. The molecule has 0 spiro atoms. The number of hydrogen-bond acceptors (Lipinski definition) is 6. The Labute approximate surface area is 150 Å². The molecule has 1 saturated carbocycles. The summed E-state index contributed by atoms with van der Waals surface area (Å²) in [5, 5.41) is 11.8. The quantitative estimate of drug-likeness (QED) is 0.740. The Morgan fingerprint density at radius 2 is 2.20 bits per heavy atom. The van der Waals surface area contributed by atoms with Gasteiger partial charge in [0.25, 0.3) is 0 Å². The van der Waals surface area contributed by atoms with E-state index < -0.39 is 0 Å². The van der Waals surface area contributed by atoms with Gasteiger partial charge in [-0.2, -0.15) is 0 Å². The molecule has 0 atom stereocenters. The number of pyridine rings is 1. The number of carbonyl (C=O) groups is 2. The fourth-order valence-corrected chi connectivity index (χ4v) is 3.29. The third-order valence-electron chi connectivity index (χ3n) is 3.91. The summed E-state index contributed by atoms with van der Waals surface area (Å²) < 4.78 is 2.09. The second-order valence-electron chi connectivity index (χ2n) is 5.86. The van der Waals surface area contributed by atoms with Gasteiger partial charge in [-0.05, 0) is 25.0 Å². The smallest absolute Gasteiger partial charge is 0.239 e. The van der Waals surface area contributed by atoms with Gasteiger partial charge in [0, 0.05) is 38.1 Å². The Balaban J connectivity index is 1.70. The third kappa shape index (κ3) is 4.16. The molecule has 2 heterocycles. The number of nitrogens with one attached hydrogen (secondary N) is 1. The van der Waals surface area contributed by atoms with Crippen molar-refractivity contribution in [2.45, 2.75) is 24.0 Å². The van der Waals surface area contributed by atoms with Crippen LogP contribution in [0.2, 0.25) is 0 Å². The Hall–Kier alpha value is -2.42. The van der Waals surface area contributed by atoms with Gasteiger partial charge < -0.3 is 10.2 Å². The van der Waals surface area contributed by atoms with Crippen LogP contribution in [0.3, 0.4) is 0 Å². The van der Waals surface area contributed by atoms with Gasteiger partial charge >= 0.3 is 0 Å². The van der Waals surface area contributed by atoms with Crippen LogP contribution in [0.5, 0.6) is 0 Å². The van der Waals surface area contributed by atoms with Crippen molar-refractivity contribution in [3.05, 3.63) is 24.5 Å². The number of hydrogen-bond donors (Lipinski definition) is 1. The molecule has 25 heavy (non-hydrogen) atoms. The van der Waals surface area contributed by atoms with Gasteiger partial charge in [0.05, 0.1) is 12.3 Å². The second-order valence-corrected chi connectivity index (χ2v) is 6.80. The Bertz CT molecular complexity index is 759. The molecule has 1 fully saturated rings. The Kier molecular flexibility index (Phi) is 5.32. The van der Waals surface area contributed by atoms with Gasteiger partial charge in [-0.3, -0.25) is 19.1 Å². The molecule has 0 aliphatic heterocycles. The van der Waals surface area contributed by atoms with Crippen LogP contribution in [-0.4, -0.2) is 62.9 Å². The SMILES string of the molecule is CNC(=O)CN(C)C(=O)CSc1nnc(-c2cccnc2)n1C1CC1. The van der Waals surface area contributed by atoms with Crippen molar-refractivity contribution < 1.29 is 9.59 Å². The first-order chi connectivity index (χ1) is 12.1. The lowest BCUT2D eigenvalue weighted by Crippen LogP contribution is -2.37. The average molecular weight is 360 g/mol. The largest absolute Gasteiger partial charge is 0.358 e. The van der Waals surface area contributed by atoms with Crippen LogP contribution >= 0.6 is 11.8 Å². The first-order valence-electron chi connectivity index (χ1n) is 8.02. The highest BCUT2D eigenvalue weighted by Crippen LogP contribution is 2.40. The van der Waals surface area contributed by atoms with Crippen LogP contribution in [-0.2, 0) is 9.59 Å². The van der Waals surface area contributed by atoms with Crippen LogP contribution in [0.1, 0.15) is 18.9 Å². The standard InChI is InChI=1S/C16H20N6O2S/c1-17-13(23)9-21(2)14(24)10-25-16-20-19-15(22(16)12-5-6-12)11-4-3-7-18-8-11/h3-4,7-8,12H,5-6,9-10H2,1-2H3,(H,17,23). The van der Waals surface area contributed by atoms with E-state index in [4.69, 9.17) is 0 Å². The summed E-state index contributed by atoms with van der Waals surface area (Å²) in [5.41, 5.74) is 0.914. The van der Waals surface area contributed by atoms with E-state index in [2.05, 4.69) is 25.1 Å². The van der Waals surface area contributed by atoms with Crippen LogP contribution < -0.4 is 5.32 Å². The maximum Gasteiger partial charge on any atom is 0.239 e. The predicted octanol–water partition coefficient (Wildman–Crippen LogP) is 0.971. The molecule has 1 aliphatic rings. The molecular weight excluding hydrogens is 340 g/mol. The highest BCUT2D eigenvalue weighted by atomic mass is 32.2. The maximum absolute atomic E-state index is 12.2.